The maximum atomic E-state index is 13.4. The van der Waals surface area contributed by atoms with Crippen LogP contribution in [0.1, 0.15) is 67.1 Å². The standard InChI is InChI=1S/C24H32N2O2/c1-6-18-15-12-16-20(21(18)23(27)26(7-2)8-3)24-25(5)17(4)22(28-24)19-13-10-9-11-14-19/h9-17,22,24H,6-8H2,1-5H3/t17-,22-,24-/m0/s1. The van der Waals surface area contributed by atoms with Gasteiger partial charge in [-0.05, 0) is 45.4 Å². The smallest absolute Gasteiger partial charge is 0.254 e. The summed E-state index contributed by atoms with van der Waals surface area (Å²) >= 11 is 0. The van der Waals surface area contributed by atoms with E-state index in [9.17, 15) is 4.79 Å². The van der Waals surface area contributed by atoms with Crippen LogP contribution in [-0.4, -0.2) is 41.9 Å². The molecule has 0 aliphatic carbocycles. The maximum Gasteiger partial charge on any atom is 0.254 e. The SMILES string of the molecule is CCc1cccc([C@@H]2O[C@H](c3ccccc3)[C@H](C)N2C)c1C(=O)N(CC)CC. The molecule has 0 radical (unpaired) electrons. The number of hydrogen-bond donors (Lipinski definition) is 0. The van der Waals surface area contributed by atoms with Crippen molar-refractivity contribution in [2.24, 2.45) is 0 Å². The third-order valence-corrected chi connectivity index (χ3v) is 5.95. The van der Waals surface area contributed by atoms with E-state index in [1.54, 1.807) is 0 Å². The second-order valence-corrected chi connectivity index (χ2v) is 7.44. The van der Waals surface area contributed by atoms with Gasteiger partial charge < -0.3 is 9.64 Å². The maximum absolute atomic E-state index is 13.4. The minimum Gasteiger partial charge on any atom is -0.349 e. The van der Waals surface area contributed by atoms with Gasteiger partial charge in [-0.1, -0.05) is 55.5 Å². The predicted molar refractivity (Wildman–Crippen MR) is 113 cm³/mol. The second-order valence-electron chi connectivity index (χ2n) is 7.44. The van der Waals surface area contributed by atoms with Crippen molar-refractivity contribution in [2.45, 2.75) is 52.5 Å². The van der Waals surface area contributed by atoms with E-state index in [0.29, 0.717) is 13.1 Å². The van der Waals surface area contributed by atoms with Gasteiger partial charge in [0, 0.05) is 30.3 Å². The molecule has 28 heavy (non-hydrogen) atoms. The molecule has 150 valence electrons. The predicted octanol–water partition coefficient (Wildman–Crippen LogP) is 4.82. The highest BCUT2D eigenvalue weighted by Crippen LogP contribution is 2.42. The lowest BCUT2D eigenvalue weighted by molar-refractivity contribution is 0.00472. The molecule has 1 aliphatic heterocycles. The van der Waals surface area contributed by atoms with Crippen molar-refractivity contribution >= 4 is 5.91 Å². The van der Waals surface area contributed by atoms with Crippen LogP contribution in [0.3, 0.4) is 0 Å². The first-order chi connectivity index (χ1) is 13.5. The van der Waals surface area contributed by atoms with Gasteiger partial charge in [-0.2, -0.15) is 0 Å². The van der Waals surface area contributed by atoms with Crippen molar-refractivity contribution in [1.82, 2.24) is 9.80 Å². The Morgan fingerprint density at radius 1 is 1.04 bits per heavy atom. The van der Waals surface area contributed by atoms with Crippen molar-refractivity contribution in [1.29, 1.82) is 0 Å². The average molecular weight is 381 g/mol. The zero-order valence-corrected chi connectivity index (χ0v) is 17.7. The molecule has 2 aromatic rings. The Hall–Kier alpha value is -2.17. The van der Waals surface area contributed by atoms with Crippen LogP contribution in [0.5, 0.6) is 0 Å². The fraction of sp³-hybridized carbons (Fsp3) is 0.458. The van der Waals surface area contributed by atoms with Gasteiger partial charge in [-0.15, -0.1) is 0 Å². The zero-order valence-electron chi connectivity index (χ0n) is 17.7. The van der Waals surface area contributed by atoms with Gasteiger partial charge in [0.15, 0.2) is 0 Å². The van der Waals surface area contributed by atoms with Crippen molar-refractivity contribution in [3.05, 3.63) is 70.8 Å². The van der Waals surface area contributed by atoms with Gasteiger partial charge in [0.1, 0.15) is 12.3 Å². The second kappa shape index (κ2) is 8.89. The van der Waals surface area contributed by atoms with E-state index in [1.165, 1.54) is 5.56 Å². The lowest BCUT2D eigenvalue weighted by Gasteiger charge is -2.27. The zero-order chi connectivity index (χ0) is 20.3. The molecule has 0 N–H and O–H groups in total. The van der Waals surface area contributed by atoms with Crippen molar-refractivity contribution in [2.75, 3.05) is 20.1 Å². The summed E-state index contributed by atoms with van der Waals surface area (Å²) in [6.45, 7) is 9.76. The summed E-state index contributed by atoms with van der Waals surface area (Å²) in [7, 11) is 2.09. The third-order valence-electron chi connectivity index (χ3n) is 5.95. The van der Waals surface area contributed by atoms with E-state index in [4.69, 9.17) is 4.74 Å². The van der Waals surface area contributed by atoms with Gasteiger partial charge in [0.05, 0.1) is 0 Å². The fourth-order valence-electron chi connectivity index (χ4n) is 4.12. The van der Waals surface area contributed by atoms with E-state index in [0.717, 1.165) is 23.1 Å². The van der Waals surface area contributed by atoms with Crippen LogP contribution in [0.2, 0.25) is 0 Å². The molecule has 0 spiro atoms. The van der Waals surface area contributed by atoms with Crippen LogP contribution < -0.4 is 0 Å². The monoisotopic (exact) mass is 380 g/mol. The average Bonchev–Trinajstić information content (AvgIpc) is 3.03. The van der Waals surface area contributed by atoms with Gasteiger partial charge in [-0.25, -0.2) is 0 Å². The molecule has 0 bridgehead atoms. The molecule has 4 heteroatoms. The van der Waals surface area contributed by atoms with Crippen molar-refractivity contribution in [3.8, 4) is 0 Å². The Bertz CT molecular complexity index is 802. The molecule has 2 aromatic carbocycles. The van der Waals surface area contributed by atoms with Gasteiger partial charge in [0.25, 0.3) is 5.91 Å². The highest BCUT2D eigenvalue weighted by Gasteiger charge is 2.40. The third kappa shape index (κ3) is 3.71. The minimum absolute atomic E-state index is 0.0158. The van der Waals surface area contributed by atoms with Gasteiger partial charge >= 0.3 is 0 Å². The number of amides is 1. The molecule has 1 aliphatic rings. The first-order valence-electron chi connectivity index (χ1n) is 10.4. The van der Waals surface area contributed by atoms with Crippen LogP contribution in [0.4, 0.5) is 0 Å². The number of nitrogens with zero attached hydrogens (tertiary/aromatic N) is 2. The molecule has 4 nitrogen and oxygen atoms in total. The molecule has 1 heterocycles. The molecule has 0 unspecified atom stereocenters. The van der Waals surface area contributed by atoms with Crippen LogP contribution in [0.15, 0.2) is 48.5 Å². The Labute approximate surface area is 169 Å². The topological polar surface area (TPSA) is 32.8 Å². The number of carbonyl (C=O) groups is 1. The van der Waals surface area contributed by atoms with Gasteiger partial charge in [-0.3, -0.25) is 9.69 Å². The van der Waals surface area contributed by atoms with Crippen molar-refractivity contribution in [3.63, 3.8) is 0 Å². The number of likely N-dealkylation sites (N-methyl/N-ethyl adjacent to an activating group) is 1. The first-order valence-corrected chi connectivity index (χ1v) is 10.4. The van der Waals surface area contributed by atoms with E-state index in [2.05, 4.69) is 50.1 Å². The largest absolute Gasteiger partial charge is 0.349 e. The minimum atomic E-state index is -0.235. The molecular weight excluding hydrogens is 348 g/mol. The number of aryl methyl sites for hydroxylation is 1. The molecule has 1 fully saturated rings. The molecule has 1 saturated heterocycles. The highest BCUT2D eigenvalue weighted by atomic mass is 16.5. The Morgan fingerprint density at radius 3 is 2.32 bits per heavy atom. The lowest BCUT2D eigenvalue weighted by atomic mass is 9.96. The number of ether oxygens (including phenoxy) is 1. The van der Waals surface area contributed by atoms with E-state index < -0.39 is 0 Å². The Balaban J connectivity index is 2.02. The Morgan fingerprint density at radius 2 is 1.71 bits per heavy atom. The lowest BCUT2D eigenvalue weighted by Crippen LogP contribution is -2.34. The summed E-state index contributed by atoms with van der Waals surface area (Å²) in [5, 5.41) is 0. The van der Waals surface area contributed by atoms with E-state index >= 15 is 0 Å². The van der Waals surface area contributed by atoms with Crippen LogP contribution in [0, 0.1) is 0 Å². The molecule has 0 aromatic heterocycles. The number of carbonyl (C=O) groups excluding carboxylic acids is 1. The summed E-state index contributed by atoms with van der Waals surface area (Å²) in [6.07, 6.45) is 0.573. The number of hydrogen-bond acceptors (Lipinski definition) is 3. The molecular formula is C24H32N2O2. The summed E-state index contributed by atoms with van der Waals surface area (Å²) in [5.41, 5.74) is 4.05. The number of rotatable bonds is 6. The number of benzene rings is 2. The van der Waals surface area contributed by atoms with Gasteiger partial charge in [0.2, 0.25) is 0 Å². The molecule has 3 atom stereocenters. The van der Waals surface area contributed by atoms with Crippen LogP contribution in [0.25, 0.3) is 0 Å². The first kappa shape index (κ1) is 20.6. The van der Waals surface area contributed by atoms with Crippen molar-refractivity contribution < 1.29 is 9.53 Å². The summed E-state index contributed by atoms with van der Waals surface area (Å²) in [6, 6.07) is 16.7. The highest BCUT2D eigenvalue weighted by molar-refractivity contribution is 5.97. The fourth-order valence-corrected chi connectivity index (χ4v) is 4.12. The Kier molecular flexibility index (Phi) is 6.53. The van der Waals surface area contributed by atoms with Crippen LogP contribution in [-0.2, 0) is 11.2 Å². The van der Waals surface area contributed by atoms with E-state index in [1.807, 2.05) is 43.0 Å². The van der Waals surface area contributed by atoms with Crippen LogP contribution >= 0.6 is 0 Å². The molecule has 3 rings (SSSR count). The summed E-state index contributed by atoms with van der Waals surface area (Å²) < 4.78 is 6.55. The molecule has 1 amide bonds. The quantitative estimate of drug-likeness (QED) is 0.720. The normalized spacial score (nSPS) is 22.4. The van der Waals surface area contributed by atoms with E-state index in [-0.39, 0.29) is 24.3 Å². The molecule has 0 saturated carbocycles. The summed E-state index contributed by atoms with van der Waals surface area (Å²) in [4.78, 5) is 17.5. The summed E-state index contributed by atoms with van der Waals surface area (Å²) in [5.74, 6) is 0.102.